The fourth-order valence-corrected chi connectivity index (χ4v) is 1.60. The van der Waals surface area contributed by atoms with Gasteiger partial charge in [0.2, 0.25) is 0 Å². The Morgan fingerprint density at radius 2 is 2.00 bits per heavy atom. The Hall–Kier alpha value is -1.55. The summed E-state index contributed by atoms with van der Waals surface area (Å²) in [5.41, 5.74) is 0.194. The fraction of sp³-hybridized carbons (Fsp3) is 0.533. The standard InChI is InChI=1S/C15H23NO3/c1-5-11(2)12-6-8-13(9-7-12)19-10-15(3,16-4)14(17)18/h6-9,11,16H,5,10H2,1-4H3,(H,17,18). The van der Waals surface area contributed by atoms with Crippen molar-refractivity contribution in [3.63, 3.8) is 0 Å². The molecule has 19 heavy (non-hydrogen) atoms. The molecule has 0 radical (unpaired) electrons. The predicted octanol–water partition coefficient (Wildman–Crippen LogP) is 2.64. The Labute approximate surface area is 114 Å². The molecule has 0 aliphatic rings. The molecule has 0 bridgehead atoms. The molecule has 4 nitrogen and oxygen atoms in total. The summed E-state index contributed by atoms with van der Waals surface area (Å²) in [5, 5.41) is 11.9. The van der Waals surface area contributed by atoms with Gasteiger partial charge in [-0.3, -0.25) is 4.79 Å². The smallest absolute Gasteiger partial charge is 0.327 e. The molecule has 0 saturated heterocycles. The Morgan fingerprint density at radius 3 is 2.42 bits per heavy atom. The van der Waals surface area contributed by atoms with E-state index in [1.165, 1.54) is 5.56 Å². The highest BCUT2D eigenvalue weighted by Gasteiger charge is 2.32. The molecule has 2 unspecified atom stereocenters. The van der Waals surface area contributed by atoms with E-state index in [1.54, 1.807) is 14.0 Å². The van der Waals surface area contributed by atoms with E-state index >= 15 is 0 Å². The van der Waals surface area contributed by atoms with Crippen molar-refractivity contribution >= 4 is 5.97 Å². The van der Waals surface area contributed by atoms with Gasteiger partial charge in [0.25, 0.3) is 0 Å². The van der Waals surface area contributed by atoms with Crippen molar-refractivity contribution in [1.82, 2.24) is 5.32 Å². The first-order chi connectivity index (χ1) is 8.92. The molecule has 2 N–H and O–H groups in total. The molecule has 0 aromatic heterocycles. The van der Waals surface area contributed by atoms with Gasteiger partial charge in [0, 0.05) is 0 Å². The fourth-order valence-electron chi connectivity index (χ4n) is 1.60. The normalized spacial score (nSPS) is 15.6. The molecule has 0 spiro atoms. The molecular weight excluding hydrogens is 242 g/mol. The number of carboxylic acids is 1. The number of likely N-dealkylation sites (N-methyl/N-ethyl adjacent to an activating group) is 1. The van der Waals surface area contributed by atoms with Crippen molar-refractivity contribution < 1.29 is 14.6 Å². The number of benzene rings is 1. The lowest BCUT2D eigenvalue weighted by atomic mass is 9.99. The van der Waals surface area contributed by atoms with Crippen LogP contribution in [0.4, 0.5) is 0 Å². The quantitative estimate of drug-likeness (QED) is 0.795. The van der Waals surface area contributed by atoms with E-state index in [0.717, 1.165) is 6.42 Å². The Balaban J connectivity index is 2.66. The Morgan fingerprint density at radius 1 is 1.42 bits per heavy atom. The van der Waals surface area contributed by atoms with Crippen LogP contribution in [0, 0.1) is 0 Å². The van der Waals surface area contributed by atoms with Crippen molar-refractivity contribution in [2.45, 2.75) is 38.6 Å². The average molecular weight is 265 g/mol. The van der Waals surface area contributed by atoms with Gasteiger partial charge in [0.15, 0.2) is 0 Å². The van der Waals surface area contributed by atoms with Crippen LogP contribution in [0.25, 0.3) is 0 Å². The Bertz CT molecular complexity index is 416. The number of aliphatic carboxylic acids is 1. The average Bonchev–Trinajstić information content (AvgIpc) is 2.44. The van der Waals surface area contributed by atoms with Crippen LogP contribution in [0.3, 0.4) is 0 Å². The Kier molecular flexibility index (Phi) is 5.36. The summed E-state index contributed by atoms with van der Waals surface area (Å²) >= 11 is 0. The van der Waals surface area contributed by atoms with Gasteiger partial charge < -0.3 is 15.2 Å². The number of nitrogens with one attached hydrogen (secondary N) is 1. The highest BCUT2D eigenvalue weighted by molar-refractivity contribution is 5.78. The van der Waals surface area contributed by atoms with Gasteiger partial charge in [0.1, 0.15) is 17.9 Å². The van der Waals surface area contributed by atoms with Crippen molar-refractivity contribution in [2.75, 3.05) is 13.7 Å². The van der Waals surface area contributed by atoms with Gasteiger partial charge in [-0.15, -0.1) is 0 Å². The molecule has 0 amide bonds. The largest absolute Gasteiger partial charge is 0.491 e. The van der Waals surface area contributed by atoms with E-state index in [9.17, 15) is 4.79 Å². The van der Waals surface area contributed by atoms with Crippen molar-refractivity contribution in [1.29, 1.82) is 0 Å². The molecule has 1 rings (SSSR count). The summed E-state index contributed by atoms with van der Waals surface area (Å²) in [5.74, 6) is 0.289. The van der Waals surface area contributed by atoms with Gasteiger partial charge in [-0.2, -0.15) is 0 Å². The molecule has 0 aliphatic heterocycles. The second kappa shape index (κ2) is 6.57. The molecule has 0 aliphatic carbocycles. The highest BCUT2D eigenvalue weighted by atomic mass is 16.5. The number of ether oxygens (including phenoxy) is 1. The molecule has 106 valence electrons. The van der Waals surface area contributed by atoms with Crippen LogP contribution in [0.15, 0.2) is 24.3 Å². The summed E-state index contributed by atoms with van der Waals surface area (Å²) in [4.78, 5) is 11.1. The molecule has 4 heteroatoms. The number of rotatable bonds is 7. The first-order valence-electron chi connectivity index (χ1n) is 6.58. The molecule has 1 aromatic rings. The molecule has 0 saturated carbocycles. The van der Waals surface area contributed by atoms with E-state index in [2.05, 4.69) is 19.2 Å². The number of hydrogen-bond donors (Lipinski definition) is 2. The van der Waals surface area contributed by atoms with Gasteiger partial charge in [-0.05, 0) is 44.0 Å². The summed E-state index contributed by atoms with van der Waals surface area (Å²) in [6.45, 7) is 6.02. The maximum absolute atomic E-state index is 11.1. The SMILES string of the molecule is CCC(C)c1ccc(OCC(C)(NC)C(=O)O)cc1. The van der Waals surface area contributed by atoms with Gasteiger partial charge in [0.05, 0.1) is 0 Å². The van der Waals surface area contributed by atoms with Gasteiger partial charge in [-0.25, -0.2) is 0 Å². The van der Waals surface area contributed by atoms with Crippen molar-refractivity contribution in [2.24, 2.45) is 0 Å². The van der Waals surface area contributed by atoms with Crippen LogP contribution in [-0.4, -0.2) is 30.3 Å². The number of carboxylic acid groups (broad SMARTS) is 1. The van der Waals surface area contributed by atoms with Gasteiger partial charge in [-0.1, -0.05) is 26.0 Å². The minimum Gasteiger partial charge on any atom is -0.491 e. The summed E-state index contributed by atoms with van der Waals surface area (Å²) < 4.78 is 5.55. The molecule has 0 heterocycles. The zero-order valence-electron chi connectivity index (χ0n) is 12.1. The zero-order valence-corrected chi connectivity index (χ0v) is 12.1. The third-order valence-electron chi connectivity index (χ3n) is 3.61. The molecular formula is C15H23NO3. The topological polar surface area (TPSA) is 58.6 Å². The highest BCUT2D eigenvalue weighted by Crippen LogP contribution is 2.22. The van der Waals surface area contributed by atoms with Crippen LogP contribution in [0.1, 0.15) is 38.7 Å². The van der Waals surface area contributed by atoms with E-state index in [1.807, 2.05) is 24.3 Å². The van der Waals surface area contributed by atoms with Crippen molar-refractivity contribution in [3.8, 4) is 5.75 Å². The van der Waals surface area contributed by atoms with Crippen LogP contribution in [-0.2, 0) is 4.79 Å². The minimum absolute atomic E-state index is 0.0848. The number of hydrogen-bond acceptors (Lipinski definition) is 3. The summed E-state index contributed by atoms with van der Waals surface area (Å²) in [6, 6.07) is 7.83. The lowest BCUT2D eigenvalue weighted by Gasteiger charge is -2.24. The van der Waals surface area contributed by atoms with Crippen LogP contribution < -0.4 is 10.1 Å². The second-order valence-electron chi connectivity index (χ2n) is 5.05. The van der Waals surface area contributed by atoms with E-state index in [-0.39, 0.29) is 6.61 Å². The maximum Gasteiger partial charge on any atom is 0.327 e. The van der Waals surface area contributed by atoms with E-state index in [4.69, 9.17) is 9.84 Å². The maximum atomic E-state index is 11.1. The lowest BCUT2D eigenvalue weighted by Crippen LogP contribution is -2.52. The third-order valence-corrected chi connectivity index (χ3v) is 3.61. The van der Waals surface area contributed by atoms with Crippen LogP contribution >= 0.6 is 0 Å². The lowest BCUT2D eigenvalue weighted by molar-refractivity contribution is -0.145. The van der Waals surface area contributed by atoms with E-state index in [0.29, 0.717) is 11.7 Å². The molecule has 1 aromatic carbocycles. The van der Waals surface area contributed by atoms with Gasteiger partial charge >= 0.3 is 5.97 Å². The predicted molar refractivity (Wildman–Crippen MR) is 75.7 cm³/mol. The second-order valence-corrected chi connectivity index (χ2v) is 5.05. The monoisotopic (exact) mass is 265 g/mol. The minimum atomic E-state index is -1.07. The number of carbonyl (C=O) groups is 1. The van der Waals surface area contributed by atoms with Crippen LogP contribution in [0.5, 0.6) is 5.75 Å². The first-order valence-corrected chi connectivity index (χ1v) is 6.58. The zero-order chi connectivity index (χ0) is 14.5. The molecule has 2 atom stereocenters. The third kappa shape index (κ3) is 3.96. The van der Waals surface area contributed by atoms with Crippen LogP contribution in [0.2, 0.25) is 0 Å². The van der Waals surface area contributed by atoms with E-state index < -0.39 is 11.5 Å². The first kappa shape index (κ1) is 15.5. The molecule has 0 fully saturated rings. The summed E-state index contributed by atoms with van der Waals surface area (Å²) in [7, 11) is 1.61. The summed E-state index contributed by atoms with van der Waals surface area (Å²) in [6.07, 6.45) is 1.09. The van der Waals surface area contributed by atoms with Crippen molar-refractivity contribution in [3.05, 3.63) is 29.8 Å².